The van der Waals surface area contributed by atoms with Gasteiger partial charge < -0.3 is 4.90 Å². The molecule has 1 fully saturated rings. The quantitative estimate of drug-likeness (QED) is 0.296. The molecule has 1 aliphatic heterocycles. The fourth-order valence-electron chi connectivity index (χ4n) is 6.43. The highest BCUT2D eigenvalue weighted by Gasteiger charge is 2.37. The summed E-state index contributed by atoms with van der Waals surface area (Å²) in [6.45, 7) is 5.93. The van der Waals surface area contributed by atoms with E-state index in [9.17, 15) is 40.8 Å². The first-order chi connectivity index (χ1) is 22.0. The third-order valence-corrected chi connectivity index (χ3v) is 10.9. The molecule has 1 saturated heterocycles. The van der Waals surface area contributed by atoms with Gasteiger partial charge in [-0.3, -0.25) is 14.2 Å². The first-order valence-corrected chi connectivity index (χ1v) is 17.3. The number of hydrogen-bond donors (Lipinski definition) is 0. The van der Waals surface area contributed by atoms with E-state index in [4.69, 9.17) is 4.98 Å². The highest BCUT2D eigenvalue weighted by molar-refractivity contribution is 7.91. The number of alkyl halides is 3. The standard InChI is InChI=1S/C34H36F4N4O4S/c1-21(31-40-29-18-33(2,3)13-10-26(29)32(44)42(31)25-7-4-22(19-39)5-8-25)41(20-23-11-14-47(45,46)15-12-23)30(43)17-24-6-9-28(35)27(16-24)34(36,37)38/h4-9,16,21,23H,10-15,17-18,20H2,1-3H3/t21-/m0/s1. The molecule has 0 unspecified atom stereocenters. The van der Waals surface area contributed by atoms with Gasteiger partial charge in [-0.1, -0.05) is 19.9 Å². The lowest BCUT2D eigenvalue weighted by atomic mass is 9.76. The molecule has 1 atom stereocenters. The number of amides is 1. The van der Waals surface area contributed by atoms with Gasteiger partial charge >= 0.3 is 6.18 Å². The minimum atomic E-state index is -4.96. The normalized spacial score (nSPS) is 18.2. The van der Waals surface area contributed by atoms with Crippen LogP contribution >= 0.6 is 0 Å². The third kappa shape index (κ3) is 7.59. The van der Waals surface area contributed by atoms with E-state index >= 15 is 0 Å². The van der Waals surface area contributed by atoms with E-state index in [-0.39, 0.29) is 46.3 Å². The number of halogens is 4. The maximum atomic E-state index is 14.2. The van der Waals surface area contributed by atoms with Crippen molar-refractivity contribution in [1.29, 1.82) is 5.26 Å². The molecular formula is C34H36F4N4O4S. The van der Waals surface area contributed by atoms with E-state index in [1.54, 1.807) is 31.2 Å². The minimum Gasteiger partial charge on any atom is -0.332 e. The molecule has 1 aliphatic carbocycles. The molecule has 0 bridgehead atoms. The van der Waals surface area contributed by atoms with Crippen LogP contribution in [-0.4, -0.2) is 46.8 Å². The van der Waals surface area contributed by atoms with Gasteiger partial charge in [-0.15, -0.1) is 0 Å². The Kier molecular flexibility index (Phi) is 9.38. The fourth-order valence-corrected chi connectivity index (χ4v) is 8.02. The van der Waals surface area contributed by atoms with Crippen LogP contribution in [0.4, 0.5) is 17.6 Å². The molecule has 8 nitrogen and oxygen atoms in total. The molecular weight excluding hydrogens is 636 g/mol. The highest BCUT2D eigenvalue weighted by atomic mass is 32.2. The Labute approximate surface area is 271 Å². The van der Waals surface area contributed by atoms with Gasteiger partial charge in [0.25, 0.3) is 5.56 Å². The van der Waals surface area contributed by atoms with Gasteiger partial charge in [-0.05, 0) is 92.3 Å². The Morgan fingerprint density at radius 1 is 1.15 bits per heavy atom. The first-order valence-electron chi connectivity index (χ1n) is 15.5. The molecule has 1 amide bonds. The molecule has 5 rings (SSSR count). The summed E-state index contributed by atoms with van der Waals surface area (Å²) < 4.78 is 80.2. The van der Waals surface area contributed by atoms with Crippen molar-refractivity contribution in [1.82, 2.24) is 14.5 Å². The number of nitrogens with zero attached hydrogens (tertiary/aromatic N) is 4. The van der Waals surface area contributed by atoms with Crippen LogP contribution < -0.4 is 5.56 Å². The van der Waals surface area contributed by atoms with Gasteiger partial charge in [0.1, 0.15) is 21.5 Å². The maximum absolute atomic E-state index is 14.2. The highest BCUT2D eigenvalue weighted by Crippen LogP contribution is 2.35. The molecule has 13 heteroatoms. The summed E-state index contributed by atoms with van der Waals surface area (Å²) in [7, 11) is -3.22. The zero-order chi connectivity index (χ0) is 34.3. The van der Waals surface area contributed by atoms with E-state index in [2.05, 4.69) is 13.8 Å². The summed E-state index contributed by atoms with van der Waals surface area (Å²) >= 11 is 0. The number of carbonyl (C=O) groups excluding carboxylic acids is 1. The monoisotopic (exact) mass is 672 g/mol. The Morgan fingerprint density at radius 3 is 2.43 bits per heavy atom. The molecule has 0 spiro atoms. The maximum Gasteiger partial charge on any atom is 0.419 e. The van der Waals surface area contributed by atoms with Gasteiger partial charge in [0, 0.05) is 12.1 Å². The lowest BCUT2D eigenvalue weighted by molar-refractivity contribution is -0.140. The zero-order valence-electron chi connectivity index (χ0n) is 26.4. The molecule has 47 heavy (non-hydrogen) atoms. The van der Waals surface area contributed by atoms with Gasteiger partial charge in [-0.2, -0.15) is 18.4 Å². The van der Waals surface area contributed by atoms with Crippen LogP contribution in [0.5, 0.6) is 0 Å². The molecule has 1 aromatic heterocycles. The summed E-state index contributed by atoms with van der Waals surface area (Å²) in [5, 5.41) is 9.33. The predicted octanol–water partition coefficient (Wildman–Crippen LogP) is 5.73. The van der Waals surface area contributed by atoms with Gasteiger partial charge in [-0.25, -0.2) is 17.8 Å². The van der Waals surface area contributed by atoms with Crippen LogP contribution in [0.15, 0.2) is 47.3 Å². The average Bonchev–Trinajstić information content (AvgIpc) is 3.00. The van der Waals surface area contributed by atoms with E-state index in [1.807, 2.05) is 6.07 Å². The number of rotatable bonds is 7. The fraction of sp³-hybridized carbons (Fsp3) is 0.471. The van der Waals surface area contributed by atoms with Crippen molar-refractivity contribution >= 4 is 15.7 Å². The van der Waals surface area contributed by atoms with Crippen molar-refractivity contribution in [2.75, 3.05) is 18.1 Å². The Hall–Kier alpha value is -4.05. The van der Waals surface area contributed by atoms with Crippen molar-refractivity contribution in [2.24, 2.45) is 11.3 Å². The number of nitriles is 1. The van der Waals surface area contributed by atoms with Crippen LogP contribution in [0.3, 0.4) is 0 Å². The molecule has 0 N–H and O–H groups in total. The van der Waals surface area contributed by atoms with E-state index < -0.39 is 45.8 Å². The predicted molar refractivity (Wildman–Crippen MR) is 167 cm³/mol. The average molecular weight is 673 g/mol. The van der Waals surface area contributed by atoms with Gasteiger partial charge in [0.15, 0.2) is 0 Å². The molecule has 0 saturated carbocycles. The minimum absolute atomic E-state index is 0.0446. The Morgan fingerprint density at radius 2 is 1.81 bits per heavy atom. The van der Waals surface area contributed by atoms with Crippen molar-refractivity contribution in [3.05, 3.63) is 92.4 Å². The number of hydrogen-bond acceptors (Lipinski definition) is 6. The SMILES string of the molecule is C[C@@H](c1nc2c(c(=O)n1-c1ccc(C#N)cc1)CCC(C)(C)C2)N(CC1CCS(=O)(=O)CC1)C(=O)Cc1ccc(F)c(C(F)(F)F)c1. The number of fused-ring (bicyclic) bond motifs is 1. The molecule has 2 heterocycles. The van der Waals surface area contributed by atoms with Crippen molar-refractivity contribution in [2.45, 2.75) is 71.5 Å². The van der Waals surface area contributed by atoms with Crippen molar-refractivity contribution < 1.29 is 30.8 Å². The second kappa shape index (κ2) is 12.9. The molecule has 2 aromatic carbocycles. The van der Waals surface area contributed by atoms with Gasteiger partial charge in [0.2, 0.25) is 5.91 Å². The number of sulfone groups is 1. The summed E-state index contributed by atoms with van der Waals surface area (Å²) in [5.74, 6) is -2.12. The number of aromatic nitrogens is 2. The van der Waals surface area contributed by atoms with Crippen LogP contribution in [0.25, 0.3) is 5.69 Å². The molecule has 3 aromatic rings. The molecule has 250 valence electrons. The van der Waals surface area contributed by atoms with E-state index in [0.29, 0.717) is 60.3 Å². The summed E-state index contributed by atoms with van der Waals surface area (Å²) in [6.07, 6.45) is -3.06. The second-order valence-corrected chi connectivity index (χ2v) is 15.6. The van der Waals surface area contributed by atoms with Gasteiger partial charge in [0.05, 0.1) is 52.5 Å². The third-order valence-electron chi connectivity index (χ3n) is 9.22. The van der Waals surface area contributed by atoms with Crippen LogP contribution in [-0.2, 0) is 40.1 Å². The number of carbonyl (C=O) groups is 1. The Bertz CT molecular complexity index is 1880. The molecule has 2 aliphatic rings. The van der Waals surface area contributed by atoms with Crippen molar-refractivity contribution in [3.63, 3.8) is 0 Å². The largest absolute Gasteiger partial charge is 0.419 e. The summed E-state index contributed by atoms with van der Waals surface area (Å²) in [4.78, 5) is 34.7. The lowest BCUT2D eigenvalue weighted by Gasteiger charge is -2.36. The summed E-state index contributed by atoms with van der Waals surface area (Å²) in [6, 6.07) is 9.97. The zero-order valence-corrected chi connectivity index (χ0v) is 27.2. The smallest absolute Gasteiger partial charge is 0.332 e. The van der Waals surface area contributed by atoms with E-state index in [0.717, 1.165) is 12.5 Å². The summed E-state index contributed by atoms with van der Waals surface area (Å²) in [5.41, 5.74) is 0.0293. The Balaban J connectivity index is 1.61. The van der Waals surface area contributed by atoms with Crippen LogP contribution in [0.1, 0.15) is 79.8 Å². The van der Waals surface area contributed by atoms with Crippen LogP contribution in [0.2, 0.25) is 0 Å². The van der Waals surface area contributed by atoms with Crippen molar-refractivity contribution in [3.8, 4) is 11.8 Å². The second-order valence-electron chi connectivity index (χ2n) is 13.3. The first kappa shape index (κ1) is 34.3. The topological polar surface area (TPSA) is 113 Å². The lowest BCUT2D eigenvalue weighted by Crippen LogP contribution is -2.43. The molecule has 0 radical (unpaired) electrons. The van der Waals surface area contributed by atoms with E-state index in [1.165, 1.54) is 9.47 Å². The number of benzene rings is 2. The van der Waals surface area contributed by atoms with Crippen LogP contribution in [0, 0.1) is 28.5 Å².